The summed E-state index contributed by atoms with van der Waals surface area (Å²) in [4.78, 5) is 0. The zero-order valence-electron chi connectivity index (χ0n) is 6.57. The van der Waals surface area contributed by atoms with Gasteiger partial charge in [-0.3, -0.25) is 0 Å². The largest absolute Gasteiger partial charge is 0.334 e. The van der Waals surface area contributed by atoms with Crippen LogP contribution in [0, 0.1) is 0 Å². The average Bonchev–Trinajstić information content (AvgIpc) is 1.90. The van der Waals surface area contributed by atoms with E-state index in [2.05, 4.69) is 30.8 Å². The van der Waals surface area contributed by atoms with E-state index in [1.165, 1.54) is 0 Å². The van der Waals surface area contributed by atoms with Gasteiger partial charge in [0, 0.05) is 20.2 Å². The second-order valence-electron chi connectivity index (χ2n) is 1.81. The van der Waals surface area contributed by atoms with E-state index in [0.717, 1.165) is 13.1 Å². The van der Waals surface area contributed by atoms with Crippen LogP contribution in [0.5, 0.6) is 0 Å². The second-order valence-corrected chi connectivity index (χ2v) is 7.65. The van der Waals surface area contributed by atoms with Gasteiger partial charge in [0.15, 0.2) is 5.62 Å². The molecule has 0 N–H and O–H groups in total. The lowest BCUT2D eigenvalue weighted by molar-refractivity contribution is 0.394. The van der Waals surface area contributed by atoms with Gasteiger partial charge < -0.3 is 4.52 Å². The number of rotatable bonds is 4. The van der Waals surface area contributed by atoms with Gasteiger partial charge in [0.25, 0.3) is 0 Å². The van der Waals surface area contributed by atoms with Crippen molar-refractivity contribution in [1.82, 2.24) is 4.67 Å². The summed E-state index contributed by atoms with van der Waals surface area (Å²) in [6, 6.07) is 0. The van der Waals surface area contributed by atoms with Gasteiger partial charge in [0.1, 0.15) is 0 Å². The summed E-state index contributed by atoms with van der Waals surface area (Å²) in [5.41, 5.74) is -1.92. The summed E-state index contributed by atoms with van der Waals surface area (Å²) >= 11 is 9.41. The molecule has 0 aliphatic carbocycles. The van der Waals surface area contributed by atoms with E-state index in [1.54, 1.807) is 7.11 Å². The van der Waals surface area contributed by atoms with Crippen molar-refractivity contribution in [3.05, 3.63) is 0 Å². The number of thiol groups is 1. The standard InChI is InChI=1S/C5H14NOPS2/c1-4-6(5-2)8(9,10)7-3/h4-5H2,1-3H3,(H,9,10). The molecular formula is C5H14NOPS2. The van der Waals surface area contributed by atoms with Gasteiger partial charge in [-0.1, -0.05) is 26.1 Å². The molecule has 10 heavy (non-hydrogen) atoms. The molecule has 0 heterocycles. The molecule has 5 heteroatoms. The van der Waals surface area contributed by atoms with Gasteiger partial charge in [-0.05, 0) is 11.8 Å². The summed E-state index contributed by atoms with van der Waals surface area (Å²) in [5.74, 6) is 0. The molecule has 1 atom stereocenters. The van der Waals surface area contributed by atoms with Gasteiger partial charge in [0.05, 0.1) is 0 Å². The molecule has 0 aromatic heterocycles. The first-order valence-electron chi connectivity index (χ1n) is 3.22. The lowest BCUT2D eigenvalue weighted by Gasteiger charge is -2.26. The smallest absolute Gasteiger partial charge is 0.185 e. The van der Waals surface area contributed by atoms with Crippen molar-refractivity contribution in [2.75, 3.05) is 20.2 Å². The van der Waals surface area contributed by atoms with Gasteiger partial charge in [-0.15, -0.1) is 0 Å². The summed E-state index contributed by atoms with van der Waals surface area (Å²) in [6.07, 6.45) is 0. The van der Waals surface area contributed by atoms with E-state index < -0.39 is 5.62 Å². The van der Waals surface area contributed by atoms with Crippen LogP contribution in [-0.2, 0) is 16.3 Å². The molecule has 2 nitrogen and oxygen atoms in total. The number of hydrogen-bond donors (Lipinski definition) is 1. The van der Waals surface area contributed by atoms with E-state index in [4.69, 9.17) is 16.3 Å². The Morgan fingerprint density at radius 3 is 2.00 bits per heavy atom. The third-order valence-electron chi connectivity index (χ3n) is 1.33. The molecule has 0 radical (unpaired) electrons. The van der Waals surface area contributed by atoms with E-state index in [0.29, 0.717) is 0 Å². The molecule has 0 rings (SSSR count). The highest BCUT2D eigenvalue weighted by atomic mass is 32.9. The summed E-state index contributed by atoms with van der Waals surface area (Å²) in [7, 11) is 1.62. The third kappa shape index (κ3) is 2.89. The topological polar surface area (TPSA) is 12.5 Å². The molecule has 0 saturated carbocycles. The Morgan fingerprint density at radius 1 is 1.50 bits per heavy atom. The Hall–Kier alpha value is 0.920. The van der Waals surface area contributed by atoms with Crippen LogP contribution < -0.4 is 0 Å². The predicted molar refractivity (Wildman–Crippen MR) is 53.2 cm³/mol. The first-order valence-corrected chi connectivity index (χ1v) is 7.05. The Kier molecular flexibility index (Phi) is 5.16. The predicted octanol–water partition coefficient (Wildman–Crippen LogP) is 2.13. The van der Waals surface area contributed by atoms with Crippen LogP contribution >= 0.6 is 17.9 Å². The monoisotopic (exact) mass is 199 g/mol. The number of hydrogen-bond acceptors (Lipinski definition) is 2. The molecule has 0 spiro atoms. The number of nitrogens with zero attached hydrogens (tertiary/aromatic N) is 1. The minimum absolute atomic E-state index is 0.908. The molecule has 62 valence electrons. The van der Waals surface area contributed by atoms with Crippen molar-refractivity contribution in [2.45, 2.75) is 13.8 Å². The molecule has 0 amide bonds. The second kappa shape index (κ2) is 4.73. The minimum Gasteiger partial charge on any atom is -0.334 e. The minimum atomic E-state index is -1.92. The normalized spacial score (nSPS) is 17.3. The van der Waals surface area contributed by atoms with Gasteiger partial charge in [0.2, 0.25) is 0 Å². The maximum Gasteiger partial charge on any atom is 0.185 e. The molecule has 0 aromatic carbocycles. The van der Waals surface area contributed by atoms with E-state index >= 15 is 0 Å². The van der Waals surface area contributed by atoms with Crippen LogP contribution in [0.4, 0.5) is 0 Å². The molecule has 1 unspecified atom stereocenters. The maximum absolute atomic E-state index is 5.14. The van der Waals surface area contributed by atoms with Crippen molar-refractivity contribution in [1.29, 1.82) is 0 Å². The SMILES string of the molecule is CCN(CC)P(=S)(S)OC. The van der Waals surface area contributed by atoms with E-state index in [1.807, 2.05) is 0 Å². The van der Waals surface area contributed by atoms with Crippen molar-refractivity contribution in [2.24, 2.45) is 0 Å². The Balaban J connectivity index is 4.12. The molecule has 0 aliphatic rings. The van der Waals surface area contributed by atoms with Crippen molar-refractivity contribution < 1.29 is 4.52 Å². The first kappa shape index (κ1) is 10.9. The van der Waals surface area contributed by atoms with Crippen molar-refractivity contribution >= 4 is 29.7 Å². The van der Waals surface area contributed by atoms with Crippen LogP contribution in [0.15, 0.2) is 0 Å². The van der Waals surface area contributed by atoms with Crippen LogP contribution in [0.2, 0.25) is 0 Å². The van der Waals surface area contributed by atoms with Crippen molar-refractivity contribution in [3.63, 3.8) is 0 Å². The van der Waals surface area contributed by atoms with Gasteiger partial charge >= 0.3 is 0 Å². The van der Waals surface area contributed by atoms with E-state index in [9.17, 15) is 0 Å². The fourth-order valence-corrected chi connectivity index (χ4v) is 3.09. The van der Waals surface area contributed by atoms with Gasteiger partial charge in [-0.25, -0.2) is 4.67 Å². The first-order chi connectivity index (χ1) is 4.58. The highest BCUT2D eigenvalue weighted by Crippen LogP contribution is 2.54. The van der Waals surface area contributed by atoms with Crippen LogP contribution in [-0.4, -0.2) is 24.9 Å². The zero-order chi connectivity index (χ0) is 8.20. The Bertz CT molecular complexity index is 138. The fourth-order valence-electron chi connectivity index (χ4n) is 0.697. The van der Waals surface area contributed by atoms with Crippen LogP contribution in [0.1, 0.15) is 13.8 Å². The molecule has 0 aromatic rings. The van der Waals surface area contributed by atoms with E-state index in [-0.39, 0.29) is 0 Å². The molecule has 0 aliphatic heterocycles. The fraction of sp³-hybridized carbons (Fsp3) is 1.00. The Morgan fingerprint density at radius 2 is 1.90 bits per heavy atom. The lowest BCUT2D eigenvalue weighted by Crippen LogP contribution is -2.17. The summed E-state index contributed by atoms with van der Waals surface area (Å²) < 4.78 is 7.16. The molecule has 0 saturated heterocycles. The van der Waals surface area contributed by atoms with Crippen LogP contribution in [0.25, 0.3) is 0 Å². The third-order valence-corrected chi connectivity index (χ3v) is 5.47. The lowest BCUT2D eigenvalue weighted by atomic mass is 10.7. The molecular weight excluding hydrogens is 185 g/mol. The van der Waals surface area contributed by atoms with Gasteiger partial charge in [-0.2, -0.15) is 0 Å². The quantitative estimate of drug-likeness (QED) is 0.550. The zero-order valence-corrected chi connectivity index (χ0v) is 9.18. The van der Waals surface area contributed by atoms with Crippen LogP contribution in [0.3, 0.4) is 0 Å². The highest BCUT2D eigenvalue weighted by molar-refractivity contribution is 8.60. The molecule has 0 bridgehead atoms. The summed E-state index contributed by atoms with van der Waals surface area (Å²) in [5, 5.41) is 0. The maximum atomic E-state index is 5.14. The summed E-state index contributed by atoms with van der Waals surface area (Å²) in [6.45, 7) is 5.93. The van der Waals surface area contributed by atoms with Crippen molar-refractivity contribution in [3.8, 4) is 0 Å². The molecule has 0 fully saturated rings. The Labute approximate surface area is 73.2 Å². The average molecular weight is 199 g/mol. The highest BCUT2D eigenvalue weighted by Gasteiger charge is 2.16.